The number of halogens is 2. The molecule has 1 aromatic carbocycles. The van der Waals surface area contributed by atoms with E-state index >= 15 is 0 Å². The minimum absolute atomic E-state index is 0.209. The Bertz CT molecular complexity index is 757. The third-order valence-electron chi connectivity index (χ3n) is 3.62. The van der Waals surface area contributed by atoms with E-state index in [0.29, 0.717) is 18.5 Å². The van der Waals surface area contributed by atoms with E-state index in [1.807, 2.05) is 0 Å². The van der Waals surface area contributed by atoms with Crippen LogP contribution in [0.3, 0.4) is 0 Å². The summed E-state index contributed by atoms with van der Waals surface area (Å²) in [6.07, 6.45) is 5.21. The summed E-state index contributed by atoms with van der Waals surface area (Å²) in [7, 11) is 0. The van der Waals surface area contributed by atoms with Crippen molar-refractivity contribution < 1.29 is 13.9 Å². The first kappa shape index (κ1) is 19.3. The summed E-state index contributed by atoms with van der Waals surface area (Å²) >= 11 is 3.61. The van der Waals surface area contributed by atoms with Crippen molar-refractivity contribution in [3.05, 3.63) is 75.8 Å². The number of carbonyl (C=O) groups is 1. The largest absolute Gasteiger partial charge is 0.458 e. The molecule has 0 aliphatic carbocycles. The Hall–Kier alpha value is -2.01. The van der Waals surface area contributed by atoms with E-state index in [2.05, 4.69) is 27.5 Å². The fraction of sp³-hybridized carbons (Fsp3) is 0.300. The first-order valence-electron chi connectivity index (χ1n) is 8.15. The minimum Gasteiger partial charge on any atom is -0.458 e. The van der Waals surface area contributed by atoms with Crippen molar-refractivity contribution in [3.8, 4) is 0 Å². The fourth-order valence-electron chi connectivity index (χ4n) is 2.44. The standard InChI is InChI=1S/C20H21BrFNO2/c1-4-5-6-17-18(21)15(11-14-7-9-16(22)10-8-14)12-23-19(17)20(24)25-13(2)3/h4,7-10,12-13H,1,5-6,11H2,2-3H3. The molecule has 3 nitrogen and oxygen atoms in total. The van der Waals surface area contributed by atoms with Crippen LogP contribution in [0.5, 0.6) is 0 Å². The van der Waals surface area contributed by atoms with E-state index in [1.165, 1.54) is 12.1 Å². The Labute approximate surface area is 156 Å². The van der Waals surface area contributed by atoms with Gasteiger partial charge in [0.1, 0.15) is 5.82 Å². The van der Waals surface area contributed by atoms with Crippen LogP contribution in [-0.4, -0.2) is 17.1 Å². The zero-order valence-electron chi connectivity index (χ0n) is 14.4. The molecule has 0 radical (unpaired) electrons. The van der Waals surface area contributed by atoms with Crippen molar-refractivity contribution in [2.75, 3.05) is 0 Å². The number of allylic oxidation sites excluding steroid dienone is 1. The van der Waals surface area contributed by atoms with Crippen LogP contribution in [-0.2, 0) is 17.6 Å². The third kappa shape index (κ3) is 5.23. The van der Waals surface area contributed by atoms with Crippen LogP contribution in [0.25, 0.3) is 0 Å². The van der Waals surface area contributed by atoms with Crippen molar-refractivity contribution in [1.29, 1.82) is 0 Å². The molecule has 0 spiro atoms. The lowest BCUT2D eigenvalue weighted by molar-refractivity contribution is 0.0369. The Morgan fingerprint density at radius 1 is 1.36 bits per heavy atom. The molecule has 0 aliphatic heterocycles. The van der Waals surface area contributed by atoms with Gasteiger partial charge in [-0.1, -0.05) is 34.1 Å². The molecule has 1 aromatic heterocycles. The maximum absolute atomic E-state index is 13.1. The highest BCUT2D eigenvalue weighted by atomic mass is 79.9. The van der Waals surface area contributed by atoms with Crippen molar-refractivity contribution in [2.24, 2.45) is 0 Å². The molecular formula is C20H21BrFNO2. The number of benzene rings is 1. The molecule has 1 heterocycles. The first-order valence-corrected chi connectivity index (χ1v) is 8.94. The van der Waals surface area contributed by atoms with E-state index in [-0.39, 0.29) is 11.9 Å². The number of ether oxygens (including phenoxy) is 1. The van der Waals surface area contributed by atoms with Crippen LogP contribution in [0, 0.1) is 5.82 Å². The summed E-state index contributed by atoms with van der Waals surface area (Å²) in [5, 5.41) is 0. The minimum atomic E-state index is -0.428. The van der Waals surface area contributed by atoms with Gasteiger partial charge >= 0.3 is 5.97 Å². The lowest BCUT2D eigenvalue weighted by Gasteiger charge is -2.15. The molecule has 0 atom stereocenters. The second kappa shape index (κ2) is 8.90. The Balaban J connectivity index is 2.37. The van der Waals surface area contributed by atoms with Crippen LogP contribution in [0.4, 0.5) is 4.39 Å². The number of hydrogen-bond donors (Lipinski definition) is 0. The molecule has 5 heteroatoms. The van der Waals surface area contributed by atoms with Gasteiger partial charge in [0.25, 0.3) is 0 Å². The van der Waals surface area contributed by atoms with Crippen LogP contribution >= 0.6 is 15.9 Å². The number of esters is 1. The zero-order chi connectivity index (χ0) is 18.4. The van der Waals surface area contributed by atoms with Gasteiger partial charge < -0.3 is 4.74 Å². The Kier molecular flexibility index (Phi) is 6.88. The van der Waals surface area contributed by atoms with Crippen LogP contribution in [0.1, 0.15) is 47.4 Å². The number of rotatable bonds is 7. The predicted octanol–water partition coefficient (Wildman–Crippen LogP) is 5.26. The zero-order valence-corrected chi connectivity index (χ0v) is 16.0. The van der Waals surface area contributed by atoms with Gasteiger partial charge in [-0.05, 0) is 49.9 Å². The van der Waals surface area contributed by atoms with Crippen molar-refractivity contribution in [1.82, 2.24) is 4.98 Å². The maximum Gasteiger partial charge on any atom is 0.357 e. The van der Waals surface area contributed by atoms with E-state index in [0.717, 1.165) is 27.6 Å². The van der Waals surface area contributed by atoms with E-state index in [9.17, 15) is 9.18 Å². The fourth-order valence-corrected chi connectivity index (χ4v) is 3.07. The van der Waals surface area contributed by atoms with Crippen molar-refractivity contribution in [3.63, 3.8) is 0 Å². The molecule has 0 unspecified atom stereocenters. The van der Waals surface area contributed by atoms with E-state index in [1.54, 1.807) is 38.3 Å². The van der Waals surface area contributed by atoms with Gasteiger partial charge in [0, 0.05) is 22.7 Å². The summed E-state index contributed by atoms with van der Waals surface area (Å²) in [4.78, 5) is 16.7. The SMILES string of the molecule is C=CCCc1c(C(=O)OC(C)C)ncc(Cc2ccc(F)cc2)c1Br. The van der Waals surface area contributed by atoms with Crippen LogP contribution < -0.4 is 0 Å². The number of pyridine rings is 1. The molecule has 2 aromatic rings. The lowest BCUT2D eigenvalue weighted by Crippen LogP contribution is -2.16. The van der Waals surface area contributed by atoms with Crippen molar-refractivity contribution >= 4 is 21.9 Å². The van der Waals surface area contributed by atoms with Gasteiger partial charge in [-0.25, -0.2) is 14.2 Å². The van der Waals surface area contributed by atoms with E-state index < -0.39 is 5.97 Å². The monoisotopic (exact) mass is 405 g/mol. The third-order valence-corrected chi connectivity index (χ3v) is 4.61. The van der Waals surface area contributed by atoms with Gasteiger partial charge in [0.2, 0.25) is 0 Å². The second-order valence-corrected chi connectivity index (χ2v) is 6.80. The summed E-state index contributed by atoms with van der Waals surface area (Å²) in [6, 6.07) is 6.35. The van der Waals surface area contributed by atoms with Gasteiger partial charge in [-0.3, -0.25) is 0 Å². The molecular weight excluding hydrogens is 385 g/mol. The highest BCUT2D eigenvalue weighted by molar-refractivity contribution is 9.10. The van der Waals surface area contributed by atoms with Gasteiger partial charge in [-0.15, -0.1) is 6.58 Å². The molecule has 0 N–H and O–H groups in total. The highest BCUT2D eigenvalue weighted by Gasteiger charge is 2.20. The smallest absolute Gasteiger partial charge is 0.357 e. The van der Waals surface area contributed by atoms with Gasteiger partial charge in [0.15, 0.2) is 5.69 Å². The van der Waals surface area contributed by atoms with Gasteiger partial charge in [-0.2, -0.15) is 0 Å². The molecule has 0 fully saturated rings. The van der Waals surface area contributed by atoms with Crippen LogP contribution in [0.2, 0.25) is 0 Å². The predicted molar refractivity (Wildman–Crippen MR) is 100 cm³/mol. The maximum atomic E-state index is 13.1. The number of aromatic nitrogens is 1. The second-order valence-electron chi connectivity index (χ2n) is 6.01. The normalized spacial score (nSPS) is 10.8. The summed E-state index contributed by atoms with van der Waals surface area (Å²) < 4.78 is 19.2. The average molecular weight is 406 g/mol. The molecule has 0 amide bonds. The van der Waals surface area contributed by atoms with Crippen LogP contribution in [0.15, 0.2) is 47.6 Å². The molecule has 25 heavy (non-hydrogen) atoms. The van der Waals surface area contributed by atoms with Crippen molar-refractivity contribution in [2.45, 2.75) is 39.2 Å². The Morgan fingerprint density at radius 3 is 2.64 bits per heavy atom. The summed E-state index contributed by atoms with van der Waals surface area (Å²) in [5.41, 5.74) is 3.04. The lowest BCUT2D eigenvalue weighted by atomic mass is 10.0. The Morgan fingerprint density at radius 2 is 2.04 bits per heavy atom. The molecule has 0 aliphatic rings. The molecule has 132 valence electrons. The number of hydrogen-bond acceptors (Lipinski definition) is 3. The highest BCUT2D eigenvalue weighted by Crippen LogP contribution is 2.28. The molecule has 0 saturated carbocycles. The summed E-state index contributed by atoms with van der Waals surface area (Å²) in [6.45, 7) is 7.35. The molecule has 2 rings (SSSR count). The van der Waals surface area contributed by atoms with Gasteiger partial charge in [0.05, 0.1) is 6.10 Å². The molecule has 0 bridgehead atoms. The quantitative estimate of drug-likeness (QED) is 0.465. The number of carbonyl (C=O) groups excluding carboxylic acids is 1. The summed E-state index contributed by atoms with van der Waals surface area (Å²) in [5.74, 6) is -0.692. The molecule has 0 saturated heterocycles. The number of nitrogens with zero attached hydrogens (tertiary/aromatic N) is 1. The van der Waals surface area contributed by atoms with E-state index in [4.69, 9.17) is 4.74 Å². The average Bonchev–Trinajstić information content (AvgIpc) is 2.56. The topological polar surface area (TPSA) is 39.2 Å². The first-order chi connectivity index (χ1) is 11.9.